The first-order valence-electron chi connectivity index (χ1n) is 12.1. The van der Waals surface area contributed by atoms with Gasteiger partial charge in [-0.05, 0) is 43.9 Å². The Labute approximate surface area is 213 Å². The molecule has 2 amide bonds. The summed E-state index contributed by atoms with van der Waals surface area (Å²) in [6, 6.07) is 3.45. The number of hydrogen-bond acceptors (Lipinski definition) is 5. The van der Waals surface area contributed by atoms with E-state index in [1.807, 2.05) is 26.0 Å². The molecule has 0 aromatic carbocycles. The zero-order valence-electron chi connectivity index (χ0n) is 19.9. The zero-order valence-corrected chi connectivity index (χ0v) is 21.4. The Balaban J connectivity index is 1.43. The first-order chi connectivity index (χ1) is 16.7. The number of hydrogen-bond donors (Lipinski definition) is 3. The van der Waals surface area contributed by atoms with E-state index >= 15 is 0 Å². The maximum absolute atomic E-state index is 13.4. The Morgan fingerprint density at radius 3 is 2.66 bits per heavy atom. The van der Waals surface area contributed by atoms with Crippen LogP contribution in [0.4, 0.5) is 14.5 Å². The van der Waals surface area contributed by atoms with Crippen LogP contribution in [0, 0.1) is 12.8 Å². The van der Waals surface area contributed by atoms with Gasteiger partial charge >= 0.3 is 0 Å². The number of amides is 2. The highest BCUT2D eigenvalue weighted by Crippen LogP contribution is 2.41. The van der Waals surface area contributed by atoms with Gasteiger partial charge < -0.3 is 16.0 Å². The van der Waals surface area contributed by atoms with Gasteiger partial charge in [-0.25, -0.2) is 8.78 Å². The van der Waals surface area contributed by atoms with Gasteiger partial charge in [-0.2, -0.15) is 0 Å². The average Bonchev–Trinajstić information content (AvgIpc) is 3.25. The van der Waals surface area contributed by atoms with Crippen LogP contribution in [0.5, 0.6) is 0 Å². The molecule has 0 bridgehead atoms. The molecule has 4 rings (SSSR count). The van der Waals surface area contributed by atoms with Crippen molar-refractivity contribution in [3.8, 4) is 0 Å². The number of rotatable bonds is 10. The number of alkyl halides is 2. The van der Waals surface area contributed by atoms with E-state index in [9.17, 15) is 18.4 Å². The molecule has 35 heavy (non-hydrogen) atoms. The largest absolute Gasteiger partial charge is 0.376 e. The number of anilines is 1. The fourth-order valence-corrected chi connectivity index (χ4v) is 5.76. The molecule has 3 atom stereocenters. The van der Waals surface area contributed by atoms with Crippen molar-refractivity contribution in [3.05, 3.63) is 44.9 Å². The molecule has 2 aromatic heterocycles. The van der Waals surface area contributed by atoms with Crippen molar-refractivity contribution >= 4 is 40.4 Å². The monoisotopic (exact) mass is 524 g/mol. The Morgan fingerprint density at radius 1 is 1.29 bits per heavy atom. The smallest absolute Gasteiger partial charge is 0.270 e. The lowest BCUT2D eigenvalue weighted by atomic mass is 9.97. The van der Waals surface area contributed by atoms with E-state index in [0.29, 0.717) is 22.2 Å². The molecule has 2 saturated carbocycles. The van der Waals surface area contributed by atoms with Crippen LogP contribution in [0.2, 0.25) is 5.02 Å². The van der Waals surface area contributed by atoms with Crippen molar-refractivity contribution in [1.29, 1.82) is 0 Å². The predicted octanol–water partition coefficient (Wildman–Crippen LogP) is 5.87. The SMILES string of the molecule is CC[C@H](Nc1cc(Cl)cnc1C)c1ccc(C(=O)N[C@@H](CC2CCCC2)C(=O)N[C@@H]2CC2(F)F)s1. The van der Waals surface area contributed by atoms with Gasteiger partial charge in [0.05, 0.1) is 33.4 Å². The normalized spacial score (nSPS) is 20.8. The standard InChI is InChI=1S/C25H31ClF2N4O2S/c1-3-17(30-18-11-16(26)13-29-14(18)2)20-8-9-21(35-20)24(34)31-19(10-15-6-4-5-7-15)23(33)32-22-12-25(22,27)28/h8-9,11,13,15,17,19,22,30H,3-7,10,12H2,1-2H3,(H,31,34)(H,32,33)/t17-,19-,22+/m0/s1. The van der Waals surface area contributed by atoms with E-state index in [1.165, 1.54) is 11.3 Å². The van der Waals surface area contributed by atoms with Crippen LogP contribution < -0.4 is 16.0 Å². The molecule has 2 fully saturated rings. The summed E-state index contributed by atoms with van der Waals surface area (Å²) in [5.74, 6) is -3.43. The highest BCUT2D eigenvalue weighted by atomic mass is 35.5. The van der Waals surface area contributed by atoms with Gasteiger partial charge in [0.25, 0.3) is 11.8 Å². The van der Waals surface area contributed by atoms with Gasteiger partial charge in [-0.1, -0.05) is 44.2 Å². The van der Waals surface area contributed by atoms with Crippen LogP contribution in [0.25, 0.3) is 0 Å². The topological polar surface area (TPSA) is 83.1 Å². The number of aromatic nitrogens is 1. The van der Waals surface area contributed by atoms with Crippen LogP contribution in [-0.4, -0.2) is 34.8 Å². The number of thiophene rings is 1. The quantitative estimate of drug-likeness (QED) is 0.363. The molecule has 3 N–H and O–H groups in total. The van der Waals surface area contributed by atoms with Crippen molar-refractivity contribution in [2.45, 2.75) is 82.8 Å². The summed E-state index contributed by atoms with van der Waals surface area (Å²) in [4.78, 5) is 31.6. The summed E-state index contributed by atoms with van der Waals surface area (Å²) in [6.45, 7) is 3.94. The number of nitrogens with one attached hydrogen (secondary N) is 3. The number of carbonyl (C=O) groups excluding carboxylic acids is 2. The molecule has 0 spiro atoms. The van der Waals surface area contributed by atoms with E-state index in [4.69, 9.17) is 11.6 Å². The van der Waals surface area contributed by atoms with Crippen molar-refractivity contribution in [3.63, 3.8) is 0 Å². The fraction of sp³-hybridized carbons (Fsp3) is 0.560. The molecule has 2 aliphatic carbocycles. The molecule has 0 aliphatic heterocycles. The van der Waals surface area contributed by atoms with Crippen LogP contribution in [0.3, 0.4) is 0 Å². The Kier molecular flexibility index (Phi) is 7.96. The van der Waals surface area contributed by atoms with Gasteiger partial charge in [0.1, 0.15) is 6.04 Å². The lowest BCUT2D eigenvalue weighted by molar-refractivity contribution is -0.124. The van der Waals surface area contributed by atoms with Crippen molar-refractivity contribution in [1.82, 2.24) is 15.6 Å². The highest BCUT2D eigenvalue weighted by molar-refractivity contribution is 7.14. The second-order valence-corrected chi connectivity index (χ2v) is 11.1. The van der Waals surface area contributed by atoms with Crippen molar-refractivity contribution in [2.75, 3.05) is 5.32 Å². The summed E-state index contributed by atoms with van der Waals surface area (Å²) in [5.41, 5.74) is 1.65. The third kappa shape index (κ3) is 6.50. The number of aryl methyl sites for hydroxylation is 1. The third-order valence-corrected chi connectivity index (χ3v) is 8.20. The maximum Gasteiger partial charge on any atom is 0.270 e. The maximum atomic E-state index is 13.4. The summed E-state index contributed by atoms with van der Waals surface area (Å²) < 4.78 is 26.7. The van der Waals surface area contributed by atoms with Gasteiger partial charge in [-0.15, -0.1) is 11.3 Å². The van der Waals surface area contributed by atoms with Crippen LogP contribution in [0.1, 0.15) is 78.2 Å². The number of carbonyl (C=O) groups is 2. The molecule has 2 aliphatic rings. The number of nitrogens with zero attached hydrogens (tertiary/aromatic N) is 1. The summed E-state index contributed by atoms with van der Waals surface area (Å²) in [7, 11) is 0. The van der Waals surface area contributed by atoms with Crippen LogP contribution in [0.15, 0.2) is 24.4 Å². The van der Waals surface area contributed by atoms with Crippen molar-refractivity contribution in [2.24, 2.45) is 5.92 Å². The lowest BCUT2D eigenvalue weighted by Crippen LogP contribution is -2.48. The Hall–Kier alpha value is -2.26. The molecule has 2 aromatic rings. The van der Waals surface area contributed by atoms with Crippen molar-refractivity contribution < 1.29 is 18.4 Å². The minimum atomic E-state index is -2.85. The van der Waals surface area contributed by atoms with Gasteiger partial charge in [0.2, 0.25) is 5.91 Å². The summed E-state index contributed by atoms with van der Waals surface area (Å²) in [5, 5.41) is 9.22. The van der Waals surface area contributed by atoms with Crippen LogP contribution in [-0.2, 0) is 4.79 Å². The first kappa shape index (κ1) is 25.8. The number of halogens is 3. The predicted molar refractivity (Wildman–Crippen MR) is 134 cm³/mol. The van der Waals surface area contributed by atoms with E-state index in [1.54, 1.807) is 12.3 Å². The van der Waals surface area contributed by atoms with E-state index in [-0.39, 0.29) is 18.4 Å². The molecular formula is C25H31ClF2N4O2S. The molecule has 0 radical (unpaired) electrons. The minimum absolute atomic E-state index is 0.0461. The van der Waals surface area contributed by atoms with E-state index in [0.717, 1.165) is 48.4 Å². The van der Waals surface area contributed by atoms with Crippen LogP contribution >= 0.6 is 22.9 Å². The molecule has 190 valence electrons. The number of pyridine rings is 1. The molecule has 6 nitrogen and oxygen atoms in total. The molecular weight excluding hydrogens is 494 g/mol. The Morgan fingerprint density at radius 2 is 2.00 bits per heavy atom. The van der Waals surface area contributed by atoms with Gasteiger partial charge in [0.15, 0.2) is 0 Å². The molecule has 2 heterocycles. The molecule has 0 unspecified atom stereocenters. The van der Waals surface area contributed by atoms with E-state index < -0.39 is 23.9 Å². The van der Waals surface area contributed by atoms with Gasteiger partial charge in [-0.3, -0.25) is 14.6 Å². The fourth-order valence-electron chi connectivity index (χ4n) is 4.56. The zero-order chi connectivity index (χ0) is 25.2. The third-order valence-electron chi connectivity index (χ3n) is 6.79. The summed E-state index contributed by atoms with van der Waals surface area (Å²) in [6.07, 6.45) is 6.66. The highest BCUT2D eigenvalue weighted by Gasteiger charge is 2.58. The lowest BCUT2D eigenvalue weighted by Gasteiger charge is -2.21. The minimum Gasteiger partial charge on any atom is -0.376 e. The average molecular weight is 525 g/mol. The first-order valence-corrected chi connectivity index (χ1v) is 13.3. The van der Waals surface area contributed by atoms with Gasteiger partial charge in [0, 0.05) is 17.5 Å². The Bertz CT molecular complexity index is 1070. The van der Waals surface area contributed by atoms with E-state index in [2.05, 4.69) is 20.9 Å². The molecule has 0 saturated heterocycles. The molecule has 10 heteroatoms. The summed E-state index contributed by atoms with van der Waals surface area (Å²) >= 11 is 7.44. The second kappa shape index (κ2) is 10.8. The second-order valence-electron chi connectivity index (χ2n) is 9.53.